The third-order valence-electron chi connectivity index (χ3n) is 3.30. The van der Waals surface area contributed by atoms with E-state index in [0.717, 1.165) is 6.42 Å². The Hall–Kier alpha value is -1.82. The first-order chi connectivity index (χ1) is 11.1. The van der Waals surface area contributed by atoms with Crippen LogP contribution in [0.3, 0.4) is 0 Å². The van der Waals surface area contributed by atoms with E-state index in [1.165, 1.54) is 17.1 Å². The van der Waals surface area contributed by atoms with Gasteiger partial charge in [0.25, 0.3) is 0 Å². The maximum atomic E-state index is 12.0. The van der Waals surface area contributed by atoms with Gasteiger partial charge >= 0.3 is 5.69 Å². The molecular formula is C16H13Cl2N3OS. The molecule has 1 N–H and O–H groups in total. The molecule has 23 heavy (non-hydrogen) atoms. The number of nitrogens with one attached hydrogen (secondary N) is 1. The molecule has 1 heterocycles. The topological polar surface area (TPSA) is 50.1 Å². The van der Waals surface area contributed by atoms with Crippen LogP contribution in [0.4, 0.5) is 5.69 Å². The molecule has 3 aromatic rings. The van der Waals surface area contributed by atoms with Gasteiger partial charge in [-0.2, -0.15) is 0 Å². The zero-order valence-electron chi connectivity index (χ0n) is 12.0. The number of rotatable bonds is 4. The van der Waals surface area contributed by atoms with Gasteiger partial charge in [0, 0.05) is 6.54 Å². The van der Waals surface area contributed by atoms with Crippen LogP contribution in [0.15, 0.2) is 58.3 Å². The van der Waals surface area contributed by atoms with Crippen molar-refractivity contribution >= 4 is 40.4 Å². The number of hydrogen-bond donors (Lipinski definition) is 1. The molecule has 3 rings (SSSR count). The van der Waals surface area contributed by atoms with Crippen molar-refractivity contribution in [3.63, 3.8) is 0 Å². The van der Waals surface area contributed by atoms with Crippen LogP contribution in [0.2, 0.25) is 10.0 Å². The van der Waals surface area contributed by atoms with Gasteiger partial charge in [-0.3, -0.25) is 8.94 Å². The van der Waals surface area contributed by atoms with Crippen LogP contribution in [-0.2, 0) is 13.0 Å². The zero-order chi connectivity index (χ0) is 16.2. The molecule has 0 saturated heterocycles. The van der Waals surface area contributed by atoms with E-state index in [9.17, 15) is 4.79 Å². The molecule has 0 atom stereocenters. The van der Waals surface area contributed by atoms with Crippen molar-refractivity contribution in [3.8, 4) is 0 Å². The molecular weight excluding hydrogens is 353 g/mol. The summed E-state index contributed by atoms with van der Waals surface area (Å²) in [6.45, 7) is 0.559. The fourth-order valence-electron chi connectivity index (χ4n) is 2.12. The Balaban J connectivity index is 1.90. The monoisotopic (exact) mass is 365 g/mol. The van der Waals surface area contributed by atoms with Crippen LogP contribution >= 0.6 is 34.7 Å². The third-order valence-corrected chi connectivity index (χ3v) is 4.81. The summed E-state index contributed by atoms with van der Waals surface area (Å²) in [5.74, 6) is 0. The van der Waals surface area contributed by atoms with Crippen molar-refractivity contribution in [1.29, 1.82) is 0 Å². The summed E-state index contributed by atoms with van der Waals surface area (Å²) in [5.41, 5.74) is 1.67. The molecule has 118 valence electrons. The van der Waals surface area contributed by atoms with Gasteiger partial charge in [0.05, 0.1) is 15.7 Å². The molecule has 0 radical (unpaired) electrons. The van der Waals surface area contributed by atoms with Crippen LogP contribution in [-0.4, -0.2) is 8.94 Å². The minimum atomic E-state index is -0.162. The maximum Gasteiger partial charge on any atom is 0.337 e. The van der Waals surface area contributed by atoms with E-state index in [1.807, 2.05) is 30.3 Å². The second kappa shape index (κ2) is 7.17. The Morgan fingerprint density at radius 3 is 2.61 bits per heavy atom. The lowest BCUT2D eigenvalue weighted by atomic mass is 10.1. The van der Waals surface area contributed by atoms with Gasteiger partial charge in [0.15, 0.2) is 0 Å². The second-order valence-corrected chi connectivity index (χ2v) is 6.48. The molecule has 0 fully saturated rings. The molecule has 1 aromatic heterocycles. The van der Waals surface area contributed by atoms with Gasteiger partial charge in [-0.05, 0) is 41.7 Å². The molecule has 0 unspecified atom stereocenters. The van der Waals surface area contributed by atoms with Gasteiger partial charge < -0.3 is 0 Å². The minimum absolute atomic E-state index is 0.162. The van der Waals surface area contributed by atoms with Crippen molar-refractivity contribution in [1.82, 2.24) is 8.94 Å². The molecule has 0 aliphatic carbocycles. The number of aromatic nitrogens is 2. The summed E-state index contributed by atoms with van der Waals surface area (Å²) in [6.07, 6.45) is 0.759. The van der Waals surface area contributed by atoms with E-state index in [-0.39, 0.29) is 5.69 Å². The Bertz CT molecular complexity index is 928. The Labute approximate surface area is 146 Å². The van der Waals surface area contributed by atoms with Crippen molar-refractivity contribution in [2.45, 2.75) is 13.0 Å². The summed E-state index contributed by atoms with van der Waals surface area (Å²) in [7, 11) is 0. The van der Waals surface area contributed by atoms with E-state index < -0.39 is 0 Å². The molecule has 0 amide bonds. The van der Waals surface area contributed by atoms with E-state index >= 15 is 0 Å². The van der Waals surface area contributed by atoms with Gasteiger partial charge in [-0.25, -0.2) is 9.79 Å². The summed E-state index contributed by atoms with van der Waals surface area (Å²) < 4.78 is 4.34. The molecule has 0 spiro atoms. The summed E-state index contributed by atoms with van der Waals surface area (Å²) in [6, 6.07) is 15.1. The molecule has 0 bridgehead atoms. The summed E-state index contributed by atoms with van der Waals surface area (Å²) >= 11 is 13.1. The number of halogens is 2. The predicted octanol–water partition coefficient (Wildman–Crippen LogP) is 4.02. The molecule has 0 saturated carbocycles. The fraction of sp³-hybridized carbons (Fsp3) is 0.125. The van der Waals surface area contributed by atoms with E-state index in [4.69, 9.17) is 23.2 Å². The highest BCUT2D eigenvalue weighted by Gasteiger charge is 2.04. The third kappa shape index (κ3) is 3.93. The van der Waals surface area contributed by atoms with E-state index in [2.05, 4.69) is 9.37 Å². The molecule has 4 nitrogen and oxygen atoms in total. The predicted molar refractivity (Wildman–Crippen MR) is 94.8 cm³/mol. The number of hydrogen-bond acceptors (Lipinski definition) is 3. The molecule has 0 aliphatic rings. The first-order valence-electron chi connectivity index (χ1n) is 6.95. The number of H-pyrrole nitrogens is 1. The van der Waals surface area contributed by atoms with Crippen molar-refractivity contribution < 1.29 is 0 Å². The fourth-order valence-corrected chi connectivity index (χ4v) is 3.13. The lowest BCUT2D eigenvalue weighted by Crippen LogP contribution is -2.27. The average Bonchev–Trinajstić information content (AvgIpc) is 2.90. The van der Waals surface area contributed by atoms with Gasteiger partial charge in [-0.15, -0.1) is 0 Å². The molecule has 0 aliphatic heterocycles. The standard InChI is InChI=1S/C16H13Cl2N3OS/c17-13-7-6-12(10-14(13)18)19-16-21(15(22)20-23-16)9-8-11-4-2-1-3-5-11/h1-7,10H,8-9H2,(H,20,22)/b19-16-. The normalized spacial score (nSPS) is 11.8. The minimum Gasteiger partial charge on any atom is -0.267 e. The van der Waals surface area contributed by atoms with Crippen LogP contribution in [0.1, 0.15) is 5.56 Å². The largest absolute Gasteiger partial charge is 0.337 e. The van der Waals surface area contributed by atoms with Gasteiger partial charge in [0.1, 0.15) is 0 Å². The molecule has 7 heteroatoms. The Kier molecular flexibility index (Phi) is 5.00. The quantitative estimate of drug-likeness (QED) is 0.745. The summed E-state index contributed by atoms with van der Waals surface area (Å²) in [4.78, 5) is 17.1. The van der Waals surface area contributed by atoms with Crippen molar-refractivity contribution in [3.05, 3.63) is 79.4 Å². The SMILES string of the molecule is O=c1[nH]s/c(=N\c2ccc(Cl)c(Cl)c2)n1CCc1ccccc1. The first kappa shape index (κ1) is 16.1. The highest BCUT2D eigenvalue weighted by atomic mass is 35.5. The number of aryl methyl sites for hydroxylation is 1. The number of nitrogens with zero attached hydrogens (tertiary/aromatic N) is 2. The Morgan fingerprint density at radius 1 is 1.09 bits per heavy atom. The maximum absolute atomic E-state index is 12.0. The first-order valence-corrected chi connectivity index (χ1v) is 8.53. The highest BCUT2D eigenvalue weighted by Crippen LogP contribution is 2.26. The van der Waals surface area contributed by atoms with E-state index in [0.29, 0.717) is 27.1 Å². The van der Waals surface area contributed by atoms with Crippen molar-refractivity contribution in [2.75, 3.05) is 0 Å². The lowest BCUT2D eigenvalue weighted by Gasteiger charge is -2.02. The number of aromatic amines is 1. The van der Waals surface area contributed by atoms with E-state index in [1.54, 1.807) is 22.8 Å². The van der Waals surface area contributed by atoms with Crippen LogP contribution in [0, 0.1) is 0 Å². The average molecular weight is 366 g/mol. The van der Waals surface area contributed by atoms with Crippen LogP contribution in [0.5, 0.6) is 0 Å². The second-order valence-electron chi connectivity index (χ2n) is 4.89. The van der Waals surface area contributed by atoms with Crippen LogP contribution < -0.4 is 10.5 Å². The molecule has 2 aromatic carbocycles. The summed E-state index contributed by atoms with van der Waals surface area (Å²) in [5, 5.41) is 0.913. The zero-order valence-corrected chi connectivity index (χ0v) is 14.3. The van der Waals surface area contributed by atoms with Gasteiger partial charge in [-0.1, -0.05) is 53.5 Å². The highest BCUT2D eigenvalue weighted by molar-refractivity contribution is 7.02. The Morgan fingerprint density at radius 2 is 1.87 bits per heavy atom. The van der Waals surface area contributed by atoms with Gasteiger partial charge in [0.2, 0.25) is 4.80 Å². The lowest BCUT2D eigenvalue weighted by molar-refractivity contribution is 0.647. The smallest absolute Gasteiger partial charge is 0.267 e. The number of benzene rings is 2. The van der Waals surface area contributed by atoms with Crippen molar-refractivity contribution in [2.24, 2.45) is 4.99 Å². The van der Waals surface area contributed by atoms with Crippen LogP contribution in [0.25, 0.3) is 0 Å².